The predicted molar refractivity (Wildman–Crippen MR) is 163 cm³/mol. The standard InChI is InChI=1S/C34H32N2.CH4/c1-25-5-13-29(14-6-25)35(30-15-7-26(2)8-16-30)33-21-23-34(24-22-33)36(31-17-9-27(3)10-18-31)32-19-11-28(4)12-20-32;/h5-24H,1-4H3;1H4/q+2;. The molecule has 0 bridgehead atoms. The summed E-state index contributed by atoms with van der Waals surface area (Å²) in [5, 5.41) is 0. The number of aryl methyl sites for hydroxylation is 4. The van der Waals surface area contributed by atoms with Crippen LogP contribution in [0.25, 0.3) is 0 Å². The molecule has 4 aromatic rings. The van der Waals surface area contributed by atoms with Crippen LogP contribution in [0.15, 0.2) is 121 Å². The lowest BCUT2D eigenvalue weighted by atomic mass is 10.1. The Hall–Kier alpha value is -4.30. The molecular formula is C35H36N2+2. The monoisotopic (exact) mass is 484 g/mol. The Balaban J connectivity index is 0.00000320. The van der Waals surface area contributed by atoms with E-state index in [1.165, 1.54) is 22.3 Å². The number of allylic oxidation sites excluding steroid dienone is 4. The average Bonchev–Trinajstić information content (AvgIpc) is 2.90. The van der Waals surface area contributed by atoms with E-state index < -0.39 is 0 Å². The molecule has 0 fully saturated rings. The average molecular weight is 485 g/mol. The first-order valence-corrected chi connectivity index (χ1v) is 12.4. The summed E-state index contributed by atoms with van der Waals surface area (Å²) in [6, 6.07) is 34.9. The Kier molecular flexibility index (Phi) is 7.79. The molecule has 0 saturated carbocycles. The molecule has 184 valence electrons. The molecule has 0 N–H and O–H groups in total. The largest absolute Gasteiger partial charge is 0.212 e. The molecule has 37 heavy (non-hydrogen) atoms. The first kappa shape index (κ1) is 25.8. The molecule has 4 aromatic carbocycles. The zero-order valence-corrected chi connectivity index (χ0v) is 21.4. The van der Waals surface area contributed by atoms with Crippen LogP contribution >= 0.6 is 0 Å². The quantitative estimate of drug-likeness (QED) is 0.201. The molecule has 2 heteroatoms. The fraction of sp³-hybridized carbons (Fsp3) is 0.143. The fourth-order valence-corrected chi connectivity index (χ4v) is 4.42. The lowest BCUT2D eigenvalue weighted by Crippen LogP contribution is -2.20. The predicted octanol–water partition coefficient (Wildman–Crippen LogP) is 8.93. The zero-order chi connectivity index (χ0) is 25.1. The fourth-order valence-electron chi connectivity index (χ4n) is 4.42. The molecule has 0 saturated heterocycles. The van der Waals surface area contributed by atoms with Crippen molar-refractivity contribution >= 4 is 34.2 Å². The minimum absolute atomic E-state index is 0. The minimum Gasteiger partial charge on any atom is -0.154 e. The van der Waals surface area contributed by atoms with Crippen molar-refractivity contribution in [1.82, 2.24) is 9.15 Å². The van der Waals surface area contributed by atoms with Crippen molar-refractivity contribution in [2.45, 2.75) is 35.1 Å². The molecule has 0 aromatic heterocycles. The summed E-state index contributed by atoms with van der Waals surface area (Å²) < 4.78 is 4.62. The lowest BCUT2D eigenvalue weighted by Gasteiger charge is -2.10. The van der Waals surface area contributed by atoms with Gasteiger partial charge in [0.2, 0.25) is 34.2 Å². The molecule has 1 aliphatic carbocycles. The second-order valence-corrected chi connectivity index (χ2v) is 9.53. The van der Waals surface area contributed by atoms with E-state index in [2.05, 4.69) is 158 Å². The molecule has 5 rings (SSSR count). The van der Waals surface area contributed by atoms with Gasteiger partial charge < -0.3 is 0 Å². The summed E-state index contributed by atoms with van der Waals surface area (Å²) in [6.07, 6.45) is 8.85. The van der Waals surface area contributed by atoms with Gasteiger partial charge in [-0.15, -0.1) is 0 Å². The second-order valence-electron chi connectivity index (χ2n) is 9.53. The zero-order valence-electron chi connectivity index (χ0n) is 21.4. The molecule has 0 radical (unpaired) electrons. The van der Waals surface area contributed by atoms with E-state index >= 15 is 0 Å². The molecule has 1 aliphatic rings. The minimum atomic E-state index is 0. The summed E-state index contributed by atoms with van der Waals surface area (Å²) in [4.78, 5) is 0. The van der Waals surface area contributed by atoms with Crippen LogP contribution in [0.2, 0.25) is 0 Å². The van der Waals surface area contributed by atoms with Gasteiger partial charge in [0.1, 0.15) is 0 Å². The van der Waals surface area contributed by atoms with Crippen molar-refractivity contribution in [3.63, 3.8) is 0 Å². The Morgan fingerprint density at radius 3 is 0.703 bits per heavy atom. The third kappa shape index (κ3) is 5.76. The van der Waals surface area contributed by atoms with Gasteiger partial charge in [-0.05, 0) is 27.7 Å². The van der Waals surface area contributed by atoms with Gasteiger partial charge in [-0.25, -0.2) is 0 Å². The third-order valence-corrected chi connectivity index (χ3v) is 6.53. The third-order valence-electron chi connectivity index (χ3n) is 6.53. The molecule has 0 unspecified atom stereocenters. The van der Waals surface area contributed by atoms with Crippen LogP contribution in [0.5, 0.6) is 0 Å². The van der Waals surface area contributed by atoms with Crippen LogP contribution in [0, 0.1) is 27.7 Å². The van der Waals surface area contributed by atoms with Crippen LogP contribution in [0.1, 0.15) is 29.7 Å². The number of rotatable bonds is 4. The number of nitrogens with zero attached hydrogens (tertiary/aromatic N) is 2. The maximum atomic E-state index is 2.31. The van der Waals surface area contributed by atoms with Crippen molar-refractivity contribution in [1.29, 1.82) is 0 Å². The van der Waals surface area contributed by atoms with Gasteiger partial charge in [0, 0.05) is 72.8 Å². The van der Waals surface area contributed by atoms with E-state index in [1.54, 1.807) is 0 Å². The van der Waals surface area contributed by atoms with Gasteiger partial charge in [0.25, 0.3) is 0 Å². The van der Waals surface area contributed by atoms with Gasteiger partial charge in [0.15, 0.2) is 0 Å². The van der Waals surface area contributed by atoms with Crippen LogP contribution in [0.3, 0.4) is 0 Å². The smallest absolute Gasteiger partial charge is 0.154 e. The maximum absolute atomic E-state index is 2.31. The van der Waals surface area contributed by atoms with Crippen LogP contribution in [-0.2, 0) is 0 Å². The van der Waals surface area contributed by atoms with Gasteiger partial charge in [-0.3, -0.25) is 0 Å². The number of hydrogen-bond donors (Lipinski definition) is 0. The molecule has 2 nitrogen and oxygen atoms in total. The molecule has 0 aliphatic heterocycles. The van der Waals surface area contributed by atoms with E-state index in [1.807, 2.05) is 0 Å². The Bertz CT molecular complexity index is 1260. The highest BCUT2D eigenvalue weighted by Gasteiger charge is 2.23. The van der Waals surface area contributed by atoms with Crippen LogP contribution < -0.4 is 9.15 Å². The maximum Gasteiger partial charge on any atom is 0.212 e. The Morgan fingerprint density at radius 1 is 0.324 bits per heavy atom. The van der Waals surface area contributed by atoms with E-state index in [4.69, 9.17) is 0 Å². The highest BCUT2D eigenvalue weighted by molar-refractivity contribution is 6.20. The summed E-state index contributed by atoms with van der Waals surface area (Å²) in [5.74, 6) is 0. The number of benzene rings is 4. The van der Waals surface area contributed by atoms with E-state index in [-0.39, 0.29) is 7.43 Å². The highest BCUT2D eigenvalue weighted by Crippen LogP contribution is 2.25. The molecule has 0 amide bonds. The van der Waals surface area contributed by atoms with Crippen molar-refractivity contribution in [2.24, 2.45) is 0 Å². The van der Waals surface area contributed by atoms with Gasteiger partial charge in [-0.2, -0.15) is 9.15 Å². The molecule has 0 atom stereocenters. The van der Waals surface area contributed by atoms with Crippen molar-refractivity contribution in [3.05, 3.63) is 144 Å². The molecule has 0 heterocycles. The van der Waals surface area contributed by atoms with Crippen molar-refractivity contribution < 1.29 is 0 Å². The van der Waals surface area contributed by atoms with E-state index in [0.29, 0.717) is 0 Å². The van der Waals surface area contributed by atoms with Gasteiger partial charge in [0.05, 0.1) is 0 Å². The molecular weight excluding hydrogens is 448 g/mol. The second kappa shape index (κ2) is 11.2. The Labute approximate surface area is 221 Å². The van der Waals surface area contributed by atoms with Gasteiger partial charge in [-0.1, -0.05) is 78.2 Å². The van der Waals surface area contributed by atoms with Crippen molar-refractivity contribution in [3.8, 4) is 0 Å². The Morgan fingerprint density at radius 2 is 0.514 bits per heavy atom. The van der Waals surface area contributed by atoms with E-state index in [9.17, 15) is 0 Å². The molecule has 0 spiro atoms. The van der Waals surface area contributed by atoms with Crippen molar-refractivity contribution in [2.75, 3.05) is 0 Å². The summed E-state index contributed by atoms with van der Waals surface area (Å²) in [6.45, 7) is 8.50. The summed E-state index contributed by atoms with van der Waals surface area (Å²) in [7, 11) is 0. The SMILES string of the molecule is C.Cc1ccc([N+](=C2C=CC(=[N+](c3ccc(C)cc3)c3ccc(C)cc3)C=C2)c2ccc(C)cc2)cc1. The van der Waals surface area contributed by atoms with Gasteiger partial charge >= 0.3 is 0 Å². The number of hydrogen-bond acceptors (Lipinski definition) is 0. The van der Waals surface area contributed by atoms with Crippen LogP contribution in [-0.4, -0.2) is 11.4 Å². The normalized spacial score (nSPS) is 12.3. The topological polar surface area (TPSA) is 6.02 Å². The first-order chi connectivity index (χ1) is 17.5. The summed E-state index contributed by atoms with van der Waals surface area (Å²) in [5.41, 5.74) is 11.8. The highest BCUT2D eigenvalue weighted by atomic mass is 15.0. The van der Waals surface area contributed by atoms with Crippen LogP contribution in [0.4, 0.5) is 22.7 Å². The summed E-state index contributed by atoms with van der Waals surface area (Å²) >= 11 is 0. The first-order valence-electron chi connectivity index (χ1n) is 12.4. The van der Waals surface area contributed by atoms with E-state index in [0.717, 1.165) is 34.2 Å². The lowest BCUT2D eigenvalue weighted by molar-refractivity contribution is 1.07.